The second-order valence-electron chi connectivity index (χ2n) is 7.36. The zero-order valence-electron chi connectivity index (χ0n) is 16.1. The van der Waals surface area contributed by atoms with Crippen molar-refractivity contribution in [2.45, 2.75) is 39.0 Å². The summed E-state index contributed by atoms with van der Waals surface area (Å²) < 4.78 is 1.86. The van der Waals surface area contributed by atoms with E-state index in [2.05, 4.69) is 44.7 Å². The molecule has 3 aromatic rings. The Labute approximate surface area is 159 Å². The van der Waals surface area contributed by atoms with Gasteiger partial charge in [0, 0.05) is 43.7 Å². The fourth-order valence-corrected chi connectivity index (χ4v) is 3.87. The summed E-state index contributed by atoms with van der Waals surface area (Å²) in [6, 6.07) is 8.29. The number of para-hydroxylation sites is 1. The second-order valence-corrected chi connectivity index (χ2v) is 7.36. The molecule has 6 nitrogen and oxygen atoms in total. The molecular formula is C21H27N5O. The molecule has 6 heteroatoms. The summed E-state index contributed by atoms with van der Waals surface area (Å²) in [6.45, 7) is 4.04. The number of H-pyrrole nitrogens is 1. The van der Waals surface area contributed by atoms with Crippen molar-refractivity contribution in [3.63, 3.8) is 0 Å². The molecule has 0 saturated carbocycles. The third-order valence-corrected chi connectivity index (χ3v) is 5.51. The van der Waals surface area contributed by atoms with Crippen molar-refractivity contribution >= 4 is 28.3 Å². The smallest absolute Gasteiger partial charge is 0.224 e. The molecule has 3 heterocycles. The van der Waals surface area contributed by atoms with E-state index in [0.29, 0.717) is 6.42 Å². The quantitative estimate of drug-likeness (QED) is 0.699. The summed E-state index contributed by atoms with van der Waals surface area (Å²) in [5.74, 6) is 0.976. The van der Waals surface area contributed by atoms with E-state index in [0.717, 1.165) is 48.6 Å². The van der Waals surface area contributed by atoms with Crippen LogP contribution in [0.5, 0.6) is 0 Å². The van der Waals surface area contributed by atoms with Crippen molar-refractivity contribution < 1.29 is 4.79 Å². The van der Waals surface area contributed by atoms with Crippen molar-refractivity contribution in [1.82, 2.24) is 14.8 Å². The third-order valence-electron chi connectivity index (χ3n) is 5.51. The minimum atomic E-state index is 0.0615. The van der Waals surface area contributed by atoms with Crippen LogP contribution >= 0.6 is 0 Å². The Morgan fingerprint density at radius 3 is 2.85 bits per heavy atom. The van der Waals surface area contributed by atoms with Gasteiger partial charge in [-0.15, -0.1) is 0 Å². The first-order chi connectivity index (χ1) is 13.1. The molecule has 4 rings (SSSR count). The fourth-order valence-electron chi connectivity index (χ4n) is 3.87. The van der Waals surface area contributed by atoms with Gasteiger partial charge in [-0.2, -0.15) is 5.10 Å². The van der Waals surface area contributed by atoms with Gasteiger partial charge in [-0.1, -0.05) is 18.2 Å². The van der Waals surface area contributed by atoms with E-state index in [1.54, 1.807) is 0 Å². The predicted octanol–water partition coefficient (Wildman–Crippen LogP) is 3.77. The van der Waals surface area contributed by atoms with Crippen molar-refractivity contribution in [2.75, 3.05) is 23.3 Å². The Morgan fingerprint density at radius 2 is 2.04 bits per heavy atom. The van der Waals surface area contributed by atoms with Gasteiger partial charge >= 0.3 is 0 Å². The standard InChI is InChI=1S/C21H27N5O/c1-15-20(21(24-25(15)2)26-12-5-6-13-26)23-19(27)11-7-8-16-14-22-18-10-4-3-9-17(16)18/h3-4,9-10,14,22H,5-8,11-13H2,1-2H3,(H,23,27). The highest BCUT2D eigenvalue weighted by atomic mass is 16.1. The summed E-state index contributed by atoms with van der Waals surface area (Å²) in [6.07, 6.45) is 6.66. The van der Waals surface area contributed by atoms with Crippen molar-refractivity contribution in [3.05, 3.63) is 41.7 Å². The van der Waals surface area contributed by atoms with Gasteiger partial charge in [0.25, 0.3) is 0 Å². The number of aromatic nitrogens is 3. The number of nitrogens with one attached hydrogen (secondary N) is 2. The molecule has 2 N–H and O–H groups in total. The van der Waals surface area contributed by atoms with Gasteiger partial charge in [0.2, 0.25) is 5.91 Å². The van der Waals surface area contributed by atoms with Gasteiger partial charge < -0.3 is 15.2 Å². The minimum absolute atomic E-state index is 0.0615. The number of benzene rings is 1. The zero-order chi connectivity index (χ0) is 18.8. The number of hydrogen-bond donors (Lipinski definition) is 2. The number of aryl methyl sites for hydroxylation is 2. The maximum absolute atomic E-state index is 12.6. The highest BCUT2D eigenvalue weighted by Crippen LogP contribution is 2.30. The Bertz CT molecular complexity index is 949. The van der Waals surface area contributed by atoms with Crippen molar-refractivity contribution in [2.24, 2.45) is 7.05 Å². The van der Waals surface area contributed by atoms with Crippen LogP contribution in [0.15, 0.2) is 30.5 Å². The highest BCUT2D eigenvalue weighted by Gasteiger charge is 2.22. The average Bonchev–Trinajstić information content (AvgIpc) is 3.39. The topological polar surface area (TPSA) is 66.0 Å². The summed E-state index contributed by atoms with van der Waals surface area (Å²) in [5, 5.41) is 8.99. The molecule has 0 spiro atoms. The van der Waals surface area contributed by atoms with E-state index < -0.39 is 0 Å². The first-order valence-corrected chi connectivity index (χ1v) is 9.77. The van der Waals surface area contributed by atoms with Crippen LogP contribution in [-0.2, 0) is 18.3 Å². The van der Waals surface area contributed by atoms with E-state index in [4.69, 9.17) is 0 Å². The number of fused-ring (bicyclic) bond motifs is 1. The molecule has 27 heavy (non-hydrogen) atoms. The van der Waals surface area contributed by atoms with Crippen LogP contribution in [0.4, 0.5) is 11.5 Å². The number of hydrogen-bond acceptors (Lipinski definition) is 3. The summed E-state index contributed by atoms with van der Waals surface area (Å²) in [5.41, 5.74) is 4.30. The second kappa shape index (κ2) is 7.47. The Balaban J connectivity index is 1.38. The fraction of sp³-hybridized carbons (Fsp3) is 0.429. The minimum Gasteiger partial charge on any atom is -0.361 e. The van der Waals surface area contributed by atoms with Gasteiger partial charge in [-0.3, -0.25) is 9.48 Å². The monoisotopic (exact) mass is 365 g/mol. The van der Waals surface area contributed by atoms with E-state index in [1.807, 2.05) is 24.7 Å². The molecule has 0 radical (unpaired) electrons. The summed E-state index contributed by atoms with van der Waals surface area (Å²) in [7, 11) is 1.93. The number of carbonyl (C=O) groups is 1. The Hall–Kier alpha value is -2.76. The Kier molecular flexibility index (Phi) is 4.88. The number of nitrogens with zero attached hydrogens (tertiary/aromatic N) is 3. The zero-order valence-corrected chi connectivity index (χ0v) is 16.1. The molecule has 0 atom stereocenters. The van der Waals surface area contributed by atoms with Crippen LogP contribution in [0.1, 0.15) is 36.9 Å². The maximum Gasteiger partial charge on any atom is 0.224 e. The lowest BCUT2D eigenvalue weighted by Gasteiger charge is -2.16. The molecule has 1 amide bonds. The first-order valence-electron chi connectivity index (χ1n) is 9.77. The average molecular weight is 365 g/mol. The molecule has 2 aromatic heterocycles. The lowest BCUT2D eigenvalue weighted by atomic mass is 10.1. The third kappa shape index (κ3) is 3.56. The number of rotatable bonds is 6. The van der Waals surface area contributed by atoms with Gasteiger partial charge in [-0.05, 0) is 44.2 Å². The molecule has 1 aliphatic heterocycles. The maximum atomic E-state index is 12.6. The number of carbonyl (C=O) groups excluding carboxylic acids is 1. The van der Waals surface area contributed by atoms with Gasteiger partial charge in [-0.25, -0.2) is 0 Å². The van der Waals surface area contributed by atoms with E-state index >= 15 is 0 Å². The lowest BCUT2D eigenvalue weighted by Crippen LogP contribution is -2.21. The first kappa shape index (κ1) is 17.6. The lowest BCUT2D eigenvalue weighted by molar-refractivity contribution is -0.116. The van der Waals surface area contributed by atoms with Gasteiger partial charge in [0.15, 0.2) is 5.82 Å². The molecule has 1 fully saturated rings. The van der Waals surface area contributed by atoms with Crippen LogP contribution in [0.25, 0.3) is 10.9 Å². The summed E-state index contributed by atoms with van der Waals surface area (Å²) in [4.78, 5) is 18.1. The molecule has 1 aromatic carbocycles. The normalized spacial score (nSPS) is 14.2. The van der Waals surface area contributed by atoms with E-state index in [9.17, 15) is 4.79 Å². The molecular weight excluding hydrogens is 338 g/mol. The van der Waals surface area contributed by atoms with Crippen LogP contribution < -0.4 is 10.2 Å². The predicted molar refractivity (Wildman–Crippen MR) is 109 cm³/mol. The van der Waals surface area contributed by atoms with Gasteiger partial charge in [0.05, 0.1) is 5.69 Å². The largest absolute Gasteiger partial charge is 0.361 e. The molecule has 1 saturated heterocycles. The molecule has 142 valence electrons. The molecule has 0 aliphatic carbocycles. The number of amides is 1. The molecule has 1 aliphatic rings. The van der Waals surface area contributed by atoms with E-state index in [-0.39, 0.29) is 5.91 Å². The molecule has 0 bridgehead atoms. The van der Waals surface area contributed by atoms with Crippen LogP contribution in [-0.4, -0.2) is 33.8 Å². The van der Waals surface area contributed by atoms with Gasteiger partial charge in [0.1, 0.15) is 5.69 Å². The number of aromatic amines is 1. The van der Waals surface area contributed by atoms with E-state index in [1.165, 1.54) is 23.8 Å². The molecule has 0 unspecified atom stereocenters. The van der Waals surface area contributed by atoms with Crippen LogP contribution in [0, 0.1) is 6.92 Å². The summed E-state index contributed by atoms with van der Waals surface area (Å²) >= 11 is 0. The van der Waals surface area contributed by atoms with Crippen LogP contribution in [0.2, 0.25) is 0 Å². The number of anilines is 2. The highest BCUT2D eigenvalue weighted by molar-refractivity contribution is 5.94. The van der Waals surface area contributed by atoms with Crippen molar-refractivity contribution in [3.8, 4) is 0 Å². The Morgan fingerprint density at radius 1 is 1.26 bits per heavy atom. The van der Waals surface area contributed by atoms with Crippen LogP contribution in [0.3, 0.4) is 0 Å². The van der Waals surface area contributed by atoms with Crippen molar-refractivity contribution in [1.29, 1.82) is 0 Å². The SMILES string of the molecule is Cc1c(NC(=O)CCCc2c[nH]c3ccccc23)c(N2CCCC2)nn1C.